The number of alkyl halides is 3. The molecular weight excluding hydrogens is 445 g/mol. The van der Waals surface area contributed by atoms with Crippen molar-refractivity contribution in [3.8, 4) is 0 Å². The molecule has 2 aromatic rings. The third-order valence-corrected chi connectivity index (χ3v) is 3.93. The van der Waals surface area contributed by atoms with Gasteiger partial charge in [-0.2, -0.15) is 0 Å². The Morgan fingerprint density at radius 3 is 2.03 bits per heavy atom. The number of ether oxygens (including phenoxy) is 2. The number of amides is 1. The molecule has 2 rings (SSSR count). The van der Waals surface area contributed by atoms with E-state index >= 15 is 0 Å². The highest BCUT2D eigenvalue weighted by Crippen LogP contribution is 2.27. The smallest absolute Gasteiger partial charge is 0.478 e. The summed E-state index contributed by atoms with van der Waals surface area (Å²) in [6.07, 6.45) is -3.16. The minimum Gasteiger partial charge on any atom is -0.478 e. The van der Waals surface area contributed by atoms with Gasteiger partial charge in [0.25, 0.3) is 5.91 Å². The van der Waals surface area contributed by atoms with E-state index in [1.807, 2.05) is 0 Å². The van der Waals surface area contributed by atoms with Gasteiger partial charge in [0.1, 0.15) is 12.6 Å². The third-order valence-electron chi connectivity index (χ3n) is 3.60. The van der Waals surface area contributed by atoms with Crippen LogP contribution in [0, 0.1) is 0 Å². The molecule has 0 spiro atoms. The Kier molecular flexibility index (Phi) is 8.13. The Hall–Kier alpha value is -2.48. The second-order valence-electron chi connectivity index (χ2n) is 5.76. The zero-order chi connectivity index (χ0) is 21.4. The van der Waals surface area contributed by atoms with Gasteiger partial charge in [-0.3, -0.25) is 4.79 Å². The van der Waals surface area contributed by atoms with E-state index in [-0.39, 0.29) is 0 Å². The quantitative estimate of drug-likeness (QED) is 0.476. The number of rotatable bonds is 7. The molecule has 29 heavy (non-hydrogen) atoms. The Labute approximate surface area is 181 Å². The van der Waals surface area contributed by atoms with E-state index < -0.39 is 40.6 Å². The van der Waals surface area contributed by atoms with Crippen LogP contribution in [0.2, 0.25) is 0 Å². The number of aliphatic carboxylic acids is 1. The van der Waals surface area contributed by atoms with Crippen molar-refractivity contribution >= 4 is 52.8 Å². The van der Waals surface area contributed by atoms with Crippen LogP contribution in [0.4, 0.5) is 4.79 Å². The first kappa shape index (κ1) is 22.8. The molecule has 0 fully saturated rings. The minimum absolute atomic E-state index is 0.302. The normalized spacial score (nSPS) is 13.1. The van der Waals surface area contributed by atoms with Crippen molar-refractivity contribution in [1.29, 1.82) is 0 Å². The number of hydrogen-bond acceptors (Lipinski definition) is 5. The van der Waals surface area contributed by atoms with Crippen LogP contribution < -0.4 is 5.32 Å². The predicted octanol–water partition coefficient (Wildman–Crippen LogP) is 4.13. The highest BCUT2D eigenvalue weighted by molar-refractivity contribution is 6.67. The number of halogens is 3. The fraction of sp³-hybridized carbons (Fsp3) is 0.211. The molecule has 2 N–H and O–H groups in total. The van der Waals surface area contributed by atoms with Gasteiger partial charge in [-0.15, -0.1) is 0 Å². The topological polar surface area (TPSA) is 102 Å². The molecule has 0 aliphatic rings. The molecule has 0 radical (unpaired) electrons. The molecule has 2 aromatic carbocycles. The average molecular weight is 461 g/mol. The summed E-state index contributed by atoms with van der Waals surface area (Å²) in [5.41, 5.74) is 0.703. The fourth-order valence-electron chi connectivity index (χ4n) is 2.35. The molecule has 1 amide bonds. The van der Waals surface area contributed by atoms with Gasteiger partial charge < -0.3 is 19.9 Å². The first-order valence-corrected chi connectivity index (χ1v) is 9.34. The average Bonchev–Trinajstić information content (AvgIpc) is 2.69. The summed E-state index contributed by atoms with van der Waals surface area (Å²) in [7, 11) is 0. The first-order valence-electron chi connectivity index (χ1n) is 8.21. The largest absolute Gasteiger partial charge is 0.509 e. The molecule has 0 bridgehead atoms. The maximum Gasteiger partial charge on any atom is 0.509 e. The van der Waals surface area contributed by atoms with Gasteiger partial charge >= 0.3 is 12.1 Å². The lowest BCUT2D eigenvalue weighted by Gasteiger charge is -2.25. The standard InChI is InChI=1S/C19H16Cl3NO6/c20-19(21,22)11-28-18(27)29-15(17(25)26)14(12-7-3-1-4-8-12)23-16(24)13-9-5-2-6-10-13/h1-10,14-15H,11H2,(H,23,24)(H,25,26)/t14-,15+/m0/s1. The van der Waals surface area contributed by atoms with Crippen LogP contribution >= 0.6 is 34.8 Å². The summed E-state index contributed by atoms with van der Waals surface area (Å²) in [6, 6.07) is 15.1. The summed E-state index contributed by atoms with van der Waals surface area (Å²) < 4.78 is 7.65. The van der Waals surface area contributed by atoms with Crippen LogP contribution in [-0.2, 0) is 14.3 Å². The van der Waals surface area contributed by atoms with Crippen molar-refractivity contribution in [2.24, 2.45) is 0 Å². The maximum absolute atomic E-state index is 12.6. The molecule has 0 heterocycles. The lowest BCUT2D eigenvalue weighted by atomic mass is 10.0. The van der Waals surface area contributed by atoms with E-state index in [9.17, 15) is 19.5 Å². The van der Waals surface area contributed by atoms with Crippen LogP contribution in [0.25, 0.3) is 0 Å². The van der Waals surface area contributed by atoms with Crippen molar-refractivity contribution in [2.45, 2.75) is 15.9 Å². The fourth-order valence-corrected chi connectivity index (χ4v) is 2.51. The van der Waals surface area contributed by atoms with Gasteiger partial charge in [0.05, 0.1) is 0 Å². The van der Waals surface area contributed by atoms with Gasteiger partial charge in [0.15, 0.2) is 0 Å². The molecule has 0 unspecified atom stereocenters. The van der Waals surface area contributed by atoms with Crippen LogP contribution in [0.5, 0.6) is 0 Å². The molecular formula is C19H16Cl3NO6. The Morgan fingerprint density at radius 2 is 1.52 bits per heavy atom. The van der Waals surface area contributed by atoms with Crippen molar-refractivity contribution in [1.82, 2.24) is 5.32 Å². The lowest BCUT2D eigenvalue weighted by Crippen LogP contribution is -2.43. The molecule has 0 aliphatic heterocycles. The number of benzene rings is 2. The summed E-state index contributed by atoms with van der Waals surface area (Å²) in [6.45, 7) is -0.644. The van der Waals surface area contributed by atoms with Crippen molar-refractivity contribution in [2.75, 3.05) is 6.61 Å². The molecule has 0 aromatic heterocycles. The number of hydrogen-bond donors (Lipinski definition) is 2. The predicted molar refractivity (Wildman–Crippen MR) is 107 cm³/mol. The van der Waals surface area contributed by atoms with Gasteiger partial charge in [0, 0.05) is 5.56 Å². The lowest BCUT2D eigenvalue weighted by molar-refractivity contribution is -0.150. The van der Waals surface area contributed by atoms with E-state index in [1.54, 1.807) is 60.7 Å². The van der Waals surface area contributed by atoms with Gasteiger partial charge in [-0.25, -0.2) is 9.59 Å². The number of carboxylic acids is 1. The third kappa shape index (κ3) is 7.45. The summed E-state index contributed by atoms with van der Waals surface area (Å²) in [5, 5.41) is 12.2. The highest BCUT2D eigenvalue weighted by atomic mass is 35.6. The zero-order valence-electron chi connectivity index (χ0n) is 14.8. The van der Waals surface area contributed by atoms with Gasteiger partial charge in [0.2, 0.25) is 9.90 Å². The minimum atomic E-state index is -1.89. The molecule has 0 saturated heterocycles. The van der Waals surface area contributed by atoms with E-state index in [2.05, 4.69) is 10.1 Å². The Bertz CT molecular complexity index is 842. The molecule has 0 aliphatic carbocycles. The summed E-state index contributed by atoms with van der Waals surface area (Å²) in [4.78, 5) is 36.3. The van der Waals surface area contributed by atoms with E-state index in [0.717, 1.165) is 0 Å². The number of carbonyl (C=O) groups is 3. The highest BCUT2D eigenvalue weighted by Gasteiger charge is 2.36. The zero-order valence-corrected chi connectivity index (χ0v) is 17.0. The molecule has 2 atom stereocenters. The molecule has 7 nitrogen and oxygen atoms in total. The van der Waals surface area contributed by atoms with E-state index in [0.29, 0.717) is 11.1 Å². The van der Waals surface area contributed by atoms with Gasteiger partial charge in [-0.1, -0.05) is 83.3 Å². The van der Waals surface area contributed by atoms with Crippen LogP contribution in [0.15, 0.2) is 60.7 Å². The van der Waals surface area contributed by atoms with Gasteiger partial charge in [-0.05, 0) is 17.7 Å². The SMILES string of the molecule is O=C(OCC(Cl)(Cl)Cl)O[C@@H](C(=O)O)[C@@H](NC(=O)c1ccccc1)c1ccccc1. The molecule has 154 valence electrons. The molecule has 0 saturated carbocycles. The Morgan fingerprint density at radius 1 is 0.966 bits per heavy atom. The number of carboxylic acid groups (broad SMARTS) is 1. The van der Waals surface area contributed by atoms with Crippen molar-refractivity contribution in [3.63, 3.8) is 0 Å². The summed E-state index contributed by atoms with van der Waals surface area (Å²) >= 11 is 16.5. The van der Waals surface area contributed by atoms with Crippen LogP contribution in [-0.4, -0.2) is 39.6 Å². The maximum atomic E-state index is 12.6. The second kappa shape index (κ2) is 10.3. The van der Waals surface area contributed by atoms with Crippen LogP contribution in [0.1, 0.15) is 22.0 Å². The summed E-state index contributed by atoms with van der Waals surface area (Å²) in [5.74, 6) is -2.05. The monoisotopic (exact) mass is 459 g/mol. The first-order chi connectivity index (χ1) is 13.7. The van der Waals surface area contributed by atoms with Crippen LogP contribution in [0.3, 0.4) is 0 Å². The van der Waals surface area contributed by atoms with Crippen molar-refractivity contribution < 1.29 is 29.0 Å². The van der Waals surface area contributed by atoms with E-state index in [4.69, 9.17) is 39.5 Å². The van der Waals surface area contributed by atoms with Crippen molar-refractivity contribution in [3.05, 3.63) is 71.8 Å². The van der Waals surface area contributed by atoms with E-state index in [1.165, 1.54) is 0 Å². The number of carbonyl (C=O) groups excluding carboxylic acids is 2. The second-order valence-corrected chi connectivity index (χ2v) is 8.27. The Balaban J connectivity index is 2.25. The molecule has 10 heteroatoms. The number of nitrogens with one attached hydrogen (secondary N) is 1.